The van der Waals surface area contributed by atoms with Crippen molar-refractivity contribution >= 4 is 10.9 Å². The van der Waals surface area contributed by atoms with E-state index in [1.165, 1.54) is 0 Å². The van der Waals surface area contributed by atoms with E-state index in [2.05, 4.69) is 15.3 Å². The van der Waals surface area contributed by atoms with E-state index in [0.29, 0.717) is 24.9 Å². The van der Waals surface area contributed by atoms with Gasteiger partial charge in [-0.15, -0.1) is 0 Å². The lowest BCUT2D eigenvalue weighted by atomic mass is 10.1. The Hall–Kier alpha value is -3.25. The summed E-state index contributed by atoms with van der Waals surface area (Å²) in [6.45, 7) is 1.39. The van der Waals surface area contributed by atoms with E-state index >= 15 is 0 Å². The van der Waals surface area contributed by atoms with Gasteiger partial charge in [-0.3, -0.25) is 4.98 Å². The minimum absolute atomic E-state index is 0.218. The van der Waals surface area contributed by atoms with Crippen molar-refractivity contribution in [1.29, 1.82) is 0 Å². The fourth-order valence-electron chi connectivity index (χ4n) is 3.12. The summed E-state index contributed by atoms with van der Waals surface area (Å²) in [6, 6.07) is 14.2. The minimum Gasteiger partial charge on any atom is -0.457 e. The summed E-state index contributed by atoms with van der Waals surface area (Å²) in [5.74, 6) is -0.168. The number of H-pyrrole nitrogens is 1. The maximum absolute atomic E-state index is 13.8. The van der Waals surface area contributed by atoms with Crippen LogP contribution in [0.25, 0.3) is 10.9 Å². The molecule has 4 nitrogen and oxygen atoms in total. The number of nitrogens with zero attached hydrogens (tertiary/aromatic N) is 1. The zero-order chi connectivity index (χ0) is 19.3. The maximum Gasteiger partial charge on any atom is 0.182 e. The third-order valence-corrected chi connectivity index (χ3v) is 4.52. The second-order valence-electron chi connectivity index (χ2n) is 6.46. The van der Waals surface area contributed by atoms with Crippen molar-refractivity contribution in [1.82, 2.24) is 15.3 Å². The van der Waals surface area contributed by atoms with Crippen molar-refractivity contribution in [3.63, 3.8) is 0 Å². The standard InChI is InChI=1S/C22H19F2N3O/c23-20-5-4-19-16(14-27-22(19)21(20)24)6-9-26-13-15-2-1-3-18(12-15)28-17-7-10-25-11-8-17/h1-5,7-8,10-12,14,26-27H,6,9,13H2. The van der Waals surface area contributed by atoms with E-state index in [9.17, 15) is 8.78 Å². The van der Waals surface area contributed by atoms with Gasteiger partial charge in [-0.2, -0.15) is 0 Å². The quantitative estimate of drug-likeness (QED) is 0.446. The molecule has 0 bridgehead atoms. The van der Waals surface area contributed by atoms with E-state index in [1.807, 2.05) is 24.3 Å². The first kappa shape index (κ1) is 18.1. The van der Waals surface area contributed by atoms with E-state index in [1.54, 1.807) is 36.8 Å². The number of pyridine rings is 1. The Morgan fingerprint density at radius 3 is 2.71 bits per heavy atom. The molecule has 2 aromatic heterocycles. The van der Waals surface area contributed by atoms with Gasteiger partial charge in [-0.05, 0) is 60.5 Å². The molecule has 0 aliphatic heterocycles. The van der Waals surface area contributed by atoms with Crippen molar-refractivity contribution < 1.29 is 13.5 Å². The van der Waals surface area contributed by atoms with Gasteiger partial charge in [0.25, 0.3) is 0 Å². The Labute approximate surface area is 161 Å². The number of fused-ring (bicyclic) bond motifs is 1. The van der Waals surface area contributed by atoms with Crippen LogP contribution >= 0.6 is 0 Å². The van der Waals surface area contributed by atoms with Crippen molar-refractivity contribution in [2.75, 3.05) is 6.54 Å². The number of halogens is 2. The lowest BCUT2D eigenvalue weighted by molar-refractivity contribution is 0.481. The third kappa shape index (κ3) is 4.02. The molecule has 0 aliphatic carbocycles. The number of aromatic nitrogens is 2. The van der Waals surface area contributed by atoms with Gasteiger partial charge < -0.3 is 15.0 Å². The van der Waals surface area contributed by atoms with Crippen molar-refractivity contribution in [2.24, 2.45) is 0 Å². The molecule has 0 fully saturated rings. The number of hydrogen-bond donors (Lipinski definition) is 2. The van der Waals surface area contributed by atoms with Crippen LogP contribution in [-0.2, 0) is 13.0 Å². The maximum atomic E-state index is 13.8. The van der Waals surface area contributed by atoms with Crippen LogP contribution in [0.1, 0.15) is 11.1 Å². The number of hydrogen-bond acceptors (Lipinski definition) is 3. The highest BCUT2D eigenvalue weighted by atomic mass is 19.2. The molecule has 0 unspecified atom stereocenters. The summed E-state index contributed by atoms with van der Waals surface area (Å²) < 4.78 is 32.9. The molecule has 2 aromatic carbocycles. The fourth-order valence-corrected chi connectivity index (χ4v) is 3.12. The highest BCUT2D eigenvalue weighted by molar-refractivity contribution is 5.83. The number of benzene rings is 2. The van der Waals surface area contributed by atoms with Crippen LogP contribution in [0.15, 0.2) is 67.1 Å². The molecule has 4 aromatic rings. The molecule has 0 saturated heterocycles. The van der Waals surface area contributed by atoms with Crippen molar-refractivity contribution in [3.8, 4) is 11.5 Å². The molecule has 0 atom stereocenters. The van der Waals surface area contributed by atoms with Crippen LogP contribution in [0.3, 0.4) is 0 Å². The number of ether oxygens (including phenoxy) is 1. The lowest BCUT2D eigenvalue weighted by Crippen LogP contribution is -2.16. The number of rotatable bonds is 7. The van der Waals surface area contributed by atoms with E-state index in [-0.39, 0.29) is 5.52 Å². The topological polar surface area (TPSA) is 49.9 Å². The van der Waals surface area contributed by atoms with Crippen LogP contribution in [0.5, 0.6) is 11.5 Å². The highest BCUT2D eigenvalue weighted by Gasteiger charge is 2.11. The fraction of sp³-hybridized carbons (Fsp3) is 0.136. The molecule has 2 N–H and O–H groups in total. The summed E-state index contributed by atoms with van der Waals surface area (Å²) >= 11 is 0. The van der Waals surface area contributed by atoms with Crippen LogP contribution in [-0.4, -0.2) is 16.5 Å². The number of nitrogens with one attached hydrogen (secondary N) is 2. The Morgan fingerprint density at radius 1 is 1.00 bits per heavy atom. The Balaban J connectivity index is 1.33. The molecule has 0 amide bonds. The van der Waals surface area contributed by atoms with Gasteiger partial charge in [-0.1, -0.05) is 12.1 Å². The van der Waals surface area contributed by atoms with Crippen LogP contribution in [0.4, 0.5) is 8.78 Å². The molecule has 142 valence electrons. The molecule has 28 heavy (non-hydrogen) atoms. The zero-order valence-corrected chi connectivity index (χ0v) is 15.1. The van der Waals surface area contributed by atoms with Crippen LogP contribution in [0.2, 0.25) is 0 Å². The van der Waals surface area contributed by atoms with Crippen LogP contribution < -0.4 is 10.1 Å². The molecule has 0 saturated carbocycles. The first-order valence-corrected chi connectivity index (χ1v) is 9.02. The van der Waals surface area contributed by atoms with Gasteiger partial charge in [0.2, 0.25) is 0 Å². The summed E-state index contributed by atoms with van der Waals surface area (Å²) in [6.07, 6.45) is 5.81. The predicted molar refractivity (Wildman–Crippen MR) is 104 cm³/mol. The molecule has 0 aliphatic rings. The molecular weight excluding hydrogens is 360 g/mol. The first-order valence-electron chi connectivity index (χ1n) is 9.02. The molecule has 2 heterocycles. The van der Waals surface area contributed by atoms with E-state index in [0.717, 1.165) is 28.7 Å². The molecule has 0 radical (unpaired) electrons. The van der Waals surface area contributed by atoms with Gasteiger partial charge in [0.05, 0.1) is 5.52 Å². The smallest absolute Gasteiger partial charge is 0.182 e. The second kappa shape index (κ2) is 8.19. The average molecular weight is 379 g/mol. The van der Waals surface area contributed by atoms with Crippen molar-refractivity contribution in [3.05, 3.63) is 89.9 Å². The summed E-state index contributed by atoms with van der Waals surface area (Å²) in [5, 5.41) is 4.09. The largest absolute Gasteiger partial charge is 0.457 e. The second-order valence-corrected chi connectivity index (χ2v) is 6.46. The van der Waals surface area contributed by atoms with E-state index in [4.69, 9.17) is 4.74 Å². The monoisotopic (exact) mass is 379 g/mol. The molecule has 4 rings (SSSR count). The molecule has 6 heteroatoms. The summed E-state index contributed by atoms with van der Waals surface area (Å²) in [4.78, 5) is 6.79. The summed E-state index contributed by atoms with van der Waals surface area (Å²) in [5.41, 5.74) is 2.27. The van der Waals surface area contributed by atoms with Crippen molar-refractivity contribution in [2.45, 2.75) is 13.0 Å². The van der Waals surface area contributed by atoms with Crippen LogP contribution in [0, 0.1) is 11.6 Å². The number of aromatic amines is 1. The van der Waals surface area contributed by atoms with E-state index < -0.39 is 11.6 Å². The predicted octanol–water partition coefficient (Wildman–Crippen LogP) is 4.97. The Bertz CT molecular complexity index is 1080. The third-order valence-electron chi connectivity index (χ3n) is 4.52. The molecular formula is C22H19F2N3O. The average Bonchev–Trinajstić information content (AvgIpc) is 3.13. The Morgan fingerprint density at radius 2 is 1.86 bits per heavy atom. The van der Waals surface area contributed by atoms with Gasteiger partial charge in [-0.25, -0.2) is 8.78 Å². The summed E-state index contributed by atoms with van der Waals surface area (Å²) in [7, 11) is 0. The Kier molecular flexibility index (Phi) is 5.30. The van der Waals surface area contributed by atoms with Gasteiger partial charge >= 0.3 is 0 Å². The van der Waals surface area contributed by atoms with Gasteiger partial charge in [0, 0.05) is 30.5 Å². The highest BCUT2D eigenvalue weighted by Crippen LogP contribution is 2.23. The minimum atomic E-state index is -0.840. The normalized spacial score (nSPS) is 11.1. The zero-order valence-electron chi connectivity index (χ0n) is 15.1. The SMILES string of the molecule is Fc1ccc2c(CCNCc3cccc(Oc4ccncc4)c3)c[nH]c2c1F. The van der Waals surface area contributed by atoms with Gasteiger partial charge in [0.1, 0.15) is 11.5 Å². The first-order chi connectivity index (χ1) is 13.7. The van der Waals surface area contributed by atoms with Gasteiger partial charge in [0.15, 0.2) is 11.6 Å². The molecule has 0 spiro atoms. The lowest BCUT2D eigenvalue weighted by Gasteiger charge is -2.08.